The monoisotopic (exact) mass is 264 g/mol. The van der Waals surface area contributed by atoms with Crippen molar-refractivity contribution >= 4 is 11.3 Å². The molecule has 0 aliphatic heterocycles. The molecule has 2 heterocycles. The second kappa shape index (κ2) is 4.82. The van der Waals surface area contributed by atoms with Crippen molar-refractivity contribution in [2.75, 3.05) is 0 Å². The summed E-state index contributed by atoms with van der Waals surface area (Å²) in [5.41, 5.74) is 2.19. The van der Waals surface area contributed by atoms with Gasteiger partial charge in [-0.3, -0.25) is 0 Å². The van der Waals surface area contributed by atoms with Crippen LogP contribution in [0.5, 0.6) is 0 Å². The van der Waals surface area contributed by atoms with Crippen LogP contribution in [0.3, 0.4) is 0 Å². The number of thiophene rings is 1. The predicted octanol–water partition coefficient (Wildman–Crippen LogP) is 3.13. The van der Waals surface area contributed by atoms with E-state index in [4.69, 9.17) is 4.52 Å². The number of hydrogen-bond acceptors (Lipinski definition) is 5. The second-order valence-corrected chi connectivity index (χ2v) is 5.63. The highest BCUT2D eigenvalue weighted by Gasteiger charge is 2.29. The van der Waals surface area contributed by atoms with Crippen LogP contribution in [0, 0.1) is 6.92 Å². The molecule has 2 aromatic heterocycles. The summed E-state index contributed by atoms with van der Waals surface area (Å²) < 4.78 is 5.34. The number of rotatable bonds is 2. The molecule has 2 unspecified atom stereocenters. The third-order valence-electron chi connectivity index (χ3n) is 3.58. The number of aliphatic hydroxyl groups excluding tert-OH is 1. The van der Waals surface area contributed by atoms with Crippen molar-refractivity contribution in [1.29, 1.82) is 0 Å². The van der Waals surface area contributed by atoms with Crippen LogP contribution in [0.4, 0.5) is 0 Å². The zero-order chi connectivity index (χ0) is 12.5. The molecule has 1 fully saturated rings. The minimum absolute atomic E-state index is 0.0129. The van der Waals surface area contributed by atoms with Gasteiger partial charge in [0.15, 0.2) is 0 Å². The van der Waals surface area contributed by atoms with Crippen LogP contribution in [0.1, 0.15) is 43.1 Å². The largest absolute Gasteiger partial charge is 0.392 e. The summed E-state index contributed by atoms with van der Waals surface area (Å²) in [7, 11) is 0. The van der Waals surface area contributed by atoms with Crippen molar-refractivity contribution in [2.24, 2.45) is 0 Å². The maximum absolute atomic E-state index is 9.99. The van der Waals surface area contributed by atoms with E-state index >= 15 is 0 Å². The number of aliphatic hydroxyl groups is 1. The Morgan fingerprint density at radius 3 is 2.89 bits per heavy atom. The first kappa shape index (κ1) is 11.9. The molecule has 0 amide bonds. The van der Waals surface area contributed by atoms with E-state index in [0.717, 1.165) is 36.8 Å². The minimum atomic E-state index is -0.337. The Labute approximate surface area is 110 Å². The van der Waals surface area contributed by atoms with E-state index in [1.165, 1.54) is 0 Å². The Hall–Kier alpha value is -1.20. The van der Waals surface area contributed by atoms with Gasteiger partial charge < -0.3 is 9.63 Å². The Morgan fingerprint density at radius 1 is 1.33 bits per heavy atom. The molecule has 5 heteroatoms. The van der Waals surface area contributed by atoms with Gasteiger partial charge in [0.2, 0.25) is 11.7 Å². The molecule has 1 saturated carbocycles. The summed E-state index contributed by atoms with van der Waals surface area (Å²) in [6, 6.07) is 0. The molecule has 0 aromatic carbocycles. The minimum Gasteiger partial charge on any atom is -0.392 e. The van der Waals surface area contributed by atoms with E-state index in [9.17, 15) is 5.11 Å². The fraction of sp³-hybridized carbons (Fsp3) is 0.538. The molecule has 96 valence electrons. The Bertz CT molecular complexity index is 535. The van der Waals surface area contributed by atoms with Gasteiger partial charge in [-0.2, -0.15) is 16.3 Å². The number of aryl methyl sites for hydroxylation is 1. The van der Waals surface area contributed by atoms with Crippen molar-refractivity contribution in [1.82, 2.24) is 10.1 Å². The maximum Gasteiger partial charge on any atom is 0.232 e. The average Bonchev–Trinajstić information content (AvgIpc) is 2.98. The number of aromatic nitrogens is 2. The average molecular weight is 264 g/mol. The van der Waals surface area contributed by atoms with E-state index in [2.05, 4.69) is 15.5 Å². The maximum atomic E-state index is 9.99. The molecule has 18 heavy (non-hydrogen) atoms. The first-order chi connectivity index (χ1) is 8.75. The fourth-order valence-electron chi connectivity index (χ4n) is 2.48. The number of nitrogens with zero attached hydrogens (tertiary/aromatic N) is 2. The molecule has 2 aromatic rings. The first-order valence-electron chi connectivity index (χ1n) is 6.30. The van der Waals surface area contributed by atoms with E-state index < -0.39 is 0 Å². The lowest BCUT2D eigenvalue weighted by molar-refractivity contribution is 0.0908. The first-order valence-corrected chi connectivity index (χ1v) is 7.25. The van der Waals surface area contributed by atoms with Crippen LogP contribution in [0.2, 0.25) is 0 Å². The number of hydrogen-bond donors (Lipinski definition) is 1. The molecule has 1 aliphatic carbocycles. The summed E-state index contributed by atoms with van der Waals surface area (Å²) in [6.07, 6.45) is 3.64. The standard InChI is InChI=1S/C13H16N2O2S/c1-8-6-18-7-10(8)12-14-13(17-15-12)9-4-2-3-5-11(9)16/h6-7,9,11,16H,2-5H2,1H3. The molecule has 4 nitrogen and oxygen atoms in total. The molecule has 2 atom stereocenters. The van der Waals surface area contributed by atoms with E-state index in [-0.39, 0.29) is 12.0 Å². The van der Waals surface area contributed by atoms with E-state index in [1.807, 2.05) is 12.3 Å². The molecule has 0 radical (unpaired) electrons. The van der Waals surface area contributed by atoms with Crippen molar-refractivity contribution < 1.29 is 9.63 Å². The van der Waals surface area contributed by atoms with Crippen LogP contribution in [-0.2, 0) is 0 Å². The van der Waals surface area contributed by atoms with Gasteiger partial charge >= 0.3 is 0 Å². The highest BCUT2D eigenvalue weighted by Crippen LogP contribution is 2.33. The topological polar surface area (TPSA) is 59.2 Å². The van der Waals surface area contributed by atoms with Crippen LogP contribution in [0.15, 0.2) is 15.3 Å². The van der Waals surface area contributed by atoms with Crippen LogP contribution in [0.25, 0.3) is 11.4 Å². The van der Waals surface area contributed by atoms with Gasteiger partial charge in [0, 0.05) is 10.9 Å². The second-order valence-electron chi connectivity index (χ2n) is 4.88. The highest BCUT2D eigenvalue weighted by molar-refractivity contribution is 7.08. The SMILES string of the molecule is Cc1cscc1-c1noc(C2CCCCC2O)n1. The van der Waals surface area contributed by atoms with Gasteiger partial charge in [-0.25, -0.2) is 0 Å². The van der Waals surface area contributed by atoms with Gasteiger partial charge in [0.1, 0.15) is 0 Å². The van der Waals surface area contributed by atoms with Crippen molar-refractivity contribution in [2.45, 2.75) is 44.6 Å². The lowest BCUT2D eigenvalue weighted by atomic mass is 9.86. The summed E-state index contributed by atoms with van der Waals surface area (Å²) in [6.45, 7) is 2.04. The van der Waals surface area contributed by atoms with Crippen molar-refractivity contribution in [3.05, 3.63) is 22.2 Å². The zero-order valence-corrected chi connectivity index (χ0v) is 11.1. The lowest BCUT2D eigenvalue weighted by Gasteiger charge is -2.24. The fourth-order valence-corrected chi connectivity index (χ4v) is 3.31. The van der Waals surface area contributed by atoms with Crippen LogP contribution in [-0.4, -0.2) is 21.4 Å². The molecule has 1 N–H and O–H groups in total. The van der Waals surface area contributed by atoms with Gasteiger partial charge in [0.05, 0.1) is 12.0 Å². The van der Waals surface area contributed by atoms with Gasteiger partial charge in [-0.1, -0.05) is 18.0 Å². The summed E-state index contributed by atoms with van der Waals surface area (Å²) in [5, 5.41) is 18.1. The summed E-state index contributed by atoms with van der Waals surface area (Å²) in [4.78, 5) is 4.46. The normalized spacial score (nSPS) is 24.3. The van der Waals surface area contributed by atoms with Gasteiger partial charge in [0.25, 0.3) is 0 Å². The van der Waals surface area contributed by atoms with Crippen LogP contribution >= 0.6 is 11.3 Å². The predicted molar refractivity (Wildman–Crippen MR) is 69.6 cm³/mol. The molecule has 0 saturated heterocycles. The van der Waals surface area contributed by atoms with Gasteiger partial charge in [-0.15, -0.1) is 0 Å². The summed E-state index contributed by atoms with van der Waals surface area (Å²) in [5.74, 6) is 1.24. The molecule has 0 spiro atoms. The Morgan fingerprint density at radius 2 is 2.17 bits per heavy atom. The van der Waals surface area contributed by atoms with E-state index in [1.54, 1.807) is 11.3 Å². The quantitative estimate of drug-likeness (QED) is 0.905. The van der Waals surface area contributed by atoms with Gasteiger partial charge in [-0.05, 0) is 30.7 Å². The molecule has 0 bridgehead atoms. The molecule has 1 aliphatic rings. The van der Waals surface area contributed by atoms with E-state index in [0.29, 0.717) is 11.7 Å². The Kier molecular flexibility index (Phi) is 3.18. The van der Waals surface area contributed by atoms with Crippen molar-refractivity contribution in [3.8, 4) is 11.4 Å². The lowest BCUT2D eigenvalue weighted by Crippen LogP contribution is -2.22. The molecular weight excluding hydrogens is 248 g/mol. The molecule has 3 rings (SSSR count). The summed E-state index contributed by atoms with van der Waals surface area (Å²) >= 11 is 1.64. The van der Waals surface area contributed by atoms with Crippen molar-refractivity contribution in [3.63, 3.8) is 0 Å². The molecular formula is C13H16N2O2S. The zero-order valence-electron chi connectivity index (χ0n) is 10.3. The third kappa shape index (κ3) is 2.08. The third-order valence-corrected chi connectivity index (χ3v) is 4.45. The van der Waals surface area contributed by atoms with Crippen LogP contribution < -0.4 is 0 Å². The highest BCUT2D eigenvalue weighted by atomic mass is 32.1. The smallest absolute Gasteiger partial charge is 0.232 e. The Balaban J connectivity index is 1.87.